The molecular formula is C54H36N2O. The number of benzene rings is 9. The molecule has 11 rings (SSSR count). The Morgan fingerprint density at radius 3 is 1.67 bits per heavy atom. The summed E-state index contributed by atoms with van der Waals surface area (Å²) < 4.78 is 8.65. The van der Waals surface area contributed by atoms with Gasteiger partial charge in [-0.1, -0.05) is 158 Å². The minimum Gasteiger partial charge on any atom is -0.456 e. The van der Waals surface area contributed by atoms with Crippen LogP contribution in [-0.4, -0.2) is 4.57 Å². The number of aromatic nitrogens is 1. The van der Waals surface area contributed by atoms with E-state index in [1.165, 1.54) is 32.9 Å². The fraction of sp³-hybridized carbons (Fsp3) is 0. The quantitative estimate of drug-likeness (QED) is 0.163. The number of anilines is 3. The van der Waals surface area contributed by atoms with Crippen LogP contribution < -0.4 is 4.90 Å². The Kier molecular flexibility index (Phi) is 7.82. The SMILES string of the molecule is c1ccc(-c2ccc(-c3ccccc3N(c3ccc(-c4cccc5oc6ccccc6c45)cc3)c3cccc(-n4c5ccccc5c5ccccc54)c3)cc2)cc1. The molecule has 0 aliphatic heterocycles. The third-order valence-electron chi connectivity index (χ3n) is 11.2. The van der Waals surface area contributed by atoms with E-state index in [4.69, 9.17) is 4.42 Å². The number of fused-ring (bicyclic) bond motifs is 6. The molecule has 57 heavy (non-hydrogen) atoms. The van der Waals surface area contributed by atoms with E-state index in [2.05, 4.69) is 216 Å². The second-order valence-electron chi connectivity index (χ2n) is 14.5. The van der Waals surface area contributed by atoms with Gasteiger partial charge in [-0.3, -0.25) is 0 Å². The maximum Gasteiger partial charge on any atom is 0.136 e. The van der Waals surface area contributed by atoms with Crippen molar-refractivity contribution in [1.82, 2.24) is 4.57 Å². The van der Waals surface area contributed by atoms with Crippen LogP contribution in [0.2, 0.25) is 0 Å². The highest BCUT2D eigenvalue weighted by Gasteiger charge is 2.20. The van der Waals surface area contributed by atoms with E-state index in [0.717, 1.165) is 66.9 Å². The monoisotopic (exact) mass is 728 g/mol. The van der Waals surface area contributed by atoms with E-state index in [0.29, 0.717) is 0 Å². The summed E-state index contributed by atoms with van der Waals surface area (Å²) in [7, 11) is 0. The summed E-state index contributed by atoms with van der Waals surface area (Å²) in [5, 5.41) is 4.76. The normalized spacial score (nSPS) is 11.5. The van der Waals surface area contributed by atoms with Crippen molar-refractivity contribution in [3.05, 3.63) is 218 Å². The van der Waals surface area contributed by atoms with E-state index in [1.54, 1.807) is 0 Å². The van der Waals surface area contributed by atoms with Crippen LogP contribution in [-0.2, 0) is 0 Å². The molecule has 0 atom stereocenters. The van der Waals surface area contributed by atoms with Crippen molar-refractivity contribution in [3.8, 4) is 39.1 Å². The van der Waals surface area contributed by atoms with Crippen LogP contribution in [0.3, 0.4) is 0 Å². The Morgan fingerprint density at radius 1 is 0.351 bits per heavy atom. The average molecular weight is 729 g/mol. The molecule has 0 aliphatic carbocycles. The molecule has 9 aromatic carbocycles. The zero-order chi connectivity index (χ0) is 37.7. The third kappa shape index (κ3) is 5.60. The van der Waals surface area contributed by atoms with Gasteiger partial charge in [0, 0.05) is 44.2 Å². The van der Waals surface area contributed by atoms with E-state index in [1.807, 2.05) is 12.1 Å². The Balaban J connectivity index is 1.08. The van der Waals surface area contributed by atoms with Gasteiger partial charge in [0.1, 0.15) is 11.2 Å². The summed E-state index contributed by atoms with van der Waals surface area (Å²) >= 11 is 0. The lowest BCUT2D eigenvalue weighted by Gasteiger charge is -2.28. The molecule has 0 saturated carbocycles. The van der Waals surface area contributed by atoms with Crippen molar-refractivity contribution in [2.24, 2.45) is 0 Å². The summed E-state index contributed by atoms with van der Waals surface area (Å²) in [6.45, 7) is 0. The predicted octanol–water partition coefficient (Wildman–Crippen LogP) is 15.2. The molecule has 3 heteroatoms. The fourth-order valence-corrected chi connectivity index (χ4v) is 8.59. The summed E-state index contributed by atoms with van der Waals surface area (Å²) in [5.41, 5.74) is 15.5. The second kappa shape index (κ2) is 13.6. The molecule has 11 aromatic rings. The number of rotatable bonds is 7. The predicted molar refractivity (Wildman–Crippen MR) is 239 cm³/mol. The van der Waals surface area contributed by atoms with Crippen LogP contribution in [0.15, 0.2) is 223 Å². The van der Waals surface area contributed by atoms with Crippen LogP contribution in [0.5, 0.6) is 0 Å². The van der Waals surface area contributed by atoms with Gasteiger partial charge in [0.05, 0.1) is 16.7 Å². The molecule has 0 fully saturated rings. The van der Waals surface area contributed by atoms with Gasteiger partial charge in [-0.15, -0.1) is 0 Å². The highest BCUT2D eigenvalue weighted by molar-refractivity contribution is 6.12. The summed E-state index contributed by atoms with van der Waals surface area (Å²) in [6, 6.07) is 78.2. The van der Waals surface area contributed by atoms with E-state index in [-0.39, 0.29) is 0 Å². The second-order valence-corrected chi connectivity index (χ2v) is 14.5. The van der Waals surface area contributed by atoms with Crippen molar-refractivity contribution in [2.45, 2.75) is 0 Å². The highest BCUT2D eigenvalue weighted by atomic mass is 16.3. The van der Waals surface area contributed by atoms with Crippen molar-refractivity contribution >= 4 is 60.8 Å². The summed E-state index contributed by atoms with van der Waals surface area (Å²) in [6.07, 6.45) is 0. The van der Waals surface area contributed by atoms with Gasteiger partial charge in [0.15, 0.2) is 0 Å². The first kappa shape index (κ1) is 32.8. The smallest absolute Gasteiger partial charge is 0.136 e. The van der Waals surface area contributed by atoms with Crippen molar-refractivity contribution < 1.29 is 4.42 Å². The lowest BCUT2D eigenvalue weighted by atomic mass is 9.97. The molecule has 0 saturated heterocycles. The van der Waals surface area contributed by atoms with Gasteiger partial charge in [-0.2, -0.15) is 0 Å². The zero-order valence-electron chi connectivity index (χ0n) is 31.1. The lowest BCUT2D eigenvalue weighted by Crippen LogP contribution is -2.11. The molecule has 0 bridgehead atoms. The Bertz CT molecular complexity index is 3170. The Labute approximate surface area is 330 Å². The van der Waals surface area contributed by atoms with Gasteiger partial charge in [0.25, 0.3) is 0 Å². The van der Waals surface area contributed by atoms with Gasteiger partial charge in [0.2, 0.25) is 0 Å². The molecule has 0 radical (unpaired) electrons. The van der Waals surface area contributed by atoms with Gasteiger partial charge >= 0.3 is 0 Å². The third-order valence-corrected chi connectivity index (χ3v) is 11.2. The molecule has 3 nitrogen and oxygen atoms in total. The van der Waals surface area contributed by atoms with E-state index >= 15 is 0 Å². The lowest BCUT2D eigenvalue weighted by molar-refractivity contribution is 0.669. The summed E-state index contributed by atoms with van der Waals surface area (Å²) in [5.74, 6) is 0. The van der Waals surface area contributed by atoms with Crippen molar-refractivity contribution in [1.29, 1.82) is 0 Å². The van der Waals surface area contributed by atoms with Crippen LogP contribution in [0.25, 0.3) is 82.8 Å². The van der Waals surface area contributed by atoms with Gasteiger partial charge in [-0.05, 0) is 88.5 Å². The molecule has 0 aliphatic rings. The molecule has 0 unspecified atom stereocenters. The number of hydrogen-bond acceptors (Lipinski definition) is 2. The maximum atomic E-state index is 6.26. The molecule has 2 heterocycles. The number of nitrogens with zero attached hydrogens (tertiary/aromatic N) is 2. The Hall–Kier alpha value is -7.62. The number of hydrogen-bond donors (Lipinski definition) is 0. The molecule has 2 aromatic heterocycles. The minimum absolute atomic E-state index is 0.897. The number of para-hydroxylation sites is 4. The molecule has 0 amide bonds. The molecule has 0 spiro atoms. The molecule has 0 N–H and O–H groups in total. The van der Waals surface area contributed by atoms with Crippen LogP contribution in [0.1, 0.15) is 0 Å². The van der Waals surface area contributed by atoms with Gasteiger partial charge in [-0.25, -0.2) is 0 Å². The summed E-state index contributed by atoms with van der Waals surface area (Å²) in [4.78, 5) is 2.40. The van der Waals surface area contributed by atoms with Crippen molar-refractivity contribution in [2.75, 3.05) is 4.90 Å². The minimum atomic E-state index is 0.897. The zero-order valence-corrected chi connectivity index (χ0v) is 31.1. The highest BCUT2D eigenvalue weighted by Crippen LogP contribution is 2.44. The first-order valence-corrected chi connectivity index (χ1v) is 19.4. The number of furan rings is 1. The van der Waals surface area contributed by atoms with Crippen LogP contribution >= 0.6 is 0 Å². The van der Waals surface area contributed by atoms with Crippen LogP contribution in [0, 0.1) is 0 Å². The Morgan fingerprint density at radius 2 is 0.895 bits per heavy atom. The van der Waals surface area contributed by atoms with E-state index < -0.39 is 0 Å². The topological polar surface area (TPSA) is 21.3 Å². The molecule has 268 valence electrons. The van der Waals surface area contributed by atoms with Gasteiger partial charge < -0.3 is 13.9 Å². The molecular weight excluding hydrogens is 693 g/mol. The van der Waals surface area contributed by atoms with Crippen molar-refractivity contribution in [3.63, 3.8) is 0 Å². The van der Waals surface area contributed by atoms with Crippen LogP contribution in [0.4, 0.5) is 17.1 Å². The standard InChI is InChI=1S/C54H36N2O/c1-2-14-37(15-3-1)38-28-30-39(31-29-38)44-18-4-8-23-49(44)55(41-34-32-40(33-35-41)45-22-13-27-53-54(45)48-21-7-11-26-52(48)57-53)42-16-12-17-43(36-42)56-50-24-9-5-19-46(50)47-20-6-10-25-51(47)56/h1-36H. The maximum absolute atomic E-state index is 6.26. The first-order valence-electron chi connectivity index (χ1n) is 19.4. The van der Waals surface area contributed by atoms with E-state index in [9.17, 15) is 0 Å². The largest absolute Gasteiger partial charge is 0.456 e. The average Bonchev–Trinajstić information content (AvgIpc) is 3.84. The fourth-order valence-electron chi connectivity index (χ4n) is 8.59. The first-order chi connectivity index (χ1) is 28.3.